The van der Waals surface area contributed by atoms with Crippen LogP contribution in [0.1, 0.15) is 55.5 Å². The Morgan fingerprint density at radius 1 is 1.11 bits per heavy atom. The Labute approximate surface area is 116 Å². The molecule has 1 aromatic rings. The fourth-order valence-corrected chi connectivity index (χ4v) is 3.85. The van der Waals surface area contributed by atoms with Gasteiger partial charge in [-0.3, -0.25) is 4.79 Å². The van der Waals surface area contributed by atoms with Gasteiger partial charge in [0.25, 0.3) is 0 Å². The fraction of sp³-hybridized carbons (Fsp3) is 0.611. The predicted octanol–water partition coefficient (Wildman–Crippen LogP) is 4.50. The van der Waals surface area contributed by atoms with E-state index >= 15 is 0 Å². The lowest BCUT2D eigenvalue weighted by molar-refractivity contribution is 0.0956. The van der Waals surface area contributed by atoms with Crippen molar-refractivity contribution >= 4 is 5.78 Å². The molecule has 2 aliphatic carbocycles. The van der Waals surface area contributed by atoms with E-state index in [4.69, 9.17) is 0 Å². The maximum atomic E-state index is 12.5. The molecule has 19 heavy (non-hydrogen) atoms. The Morgan fingerprint density at radius 2 is 1.68 bits per heavy atom. The normalized spacial score (nSPS) is 29.1. The zero-order valence-corrected chi connectivity index (χ0v) is 12.1. The van der Waals surface area contributed by atoms with Crippen LogP contribution in [0.15, 0.2) is 24.3 Å². The van der Waals surface area contributed by atoms with Gasteiger partial charge in [0.05, 0.1) is 0 Å². The van der Waals surface area contributed by atoms with Crippen LogP contribution in [0.5, 0.6) is 0 Å². The third-order valence-corrected chi connectivity index (χ3v) is 4.84. The van der Waals surface area contributed by atoms with Crippen molar-refractivity contribution in [1.29, 1.82) is 0 Å². The van der Waals surface area contributed by atoms with Crippen LogP contribution in [0.2, 0.25) is 0 Å². The van der Waals surface area contributed by atoms with Crippen LogP contribution in [0.4, 0.5) is 0 Å². The van der Waals surface area contributed by atoms with Crippen molar-refractivity contribution < 1.29 is 4.79 Å². The van der Waals surface area contributed by atoms with E-state index in [1.807, 2.05) is 12.1 Å². The van der Waals surface area contributed by atoms with Crippen molar-refractivity contribution in [2.75, 3.05) is 0 Å². The van der Waals surface area contributed by atoms with Gasteiger partial charge in [0.1, 0.15) is 0 Å². The second-order valence-corrected chi connectivity index (χ2v) is 6.80. The lowest BCUT2D eigenvalue weighted by atomic mass is 9.99. The lowest BCUT2D eigenvalue weighted by Gasteiger charge is -2.06. The van der Waals surface area contributed by atoms with Gasteiger partial charge in [-0.15, -0.1) is 0 Å². The summed E-state index contributed by atoms with van der Waals surface area (Å²) in [6.07, 6.45) is 6.33. The van der Waals surface area contributed by atoms with Crippen LogP contribution >= 0.6 is 0 Å². The van der Waals surface area contributed by atoms with Gasteiger partial charge in [-0.25, -0.2) is 0 Å². The Bertz CT molecular complexity index is 445. The molecular formula is C18H24O. The predicted molar refractivity (Wildman–Crippen MR) is 78.3 cm³/mol. The summed E-state index contributed by atoms with van der Waals surface area (Å²) >= 11 is 0. The summed E-state index contributed by atoms with van der Waals surface area (Å²) < 4.78 is 0. The average molecular weight is 256 g/mol. The molecule has 0 radical (unpaired) electrons. The topological polar surface area (TPSA) is 17.1 Å². The number of benzene rings is 1. The van der Waals surface area contributed by atoms with E-state index in [-0.39, 0.29) is 0 Å². The second-order valence-electron chi connectivity index (χ2n) is 6.80. The highest BCUT2D eigenvalue weighted by Crippen LogP contribution is 2.56. The molecule has 0 spiro atoms. The van der Waals surface area contributed by atoms with Crippen molar-refractivity contribution in [1.82, 2.24) is 0 Å². The minimum Gasteiger partial charge on any atom is -0.294 e. The highest BCUT2D eigenvalue weighted by atomic mass is 16.1. The maximum absolute atomic E-state index is 12.5. The quantitative estimate of drug-likeness (QED) is 0.725. The smallest absolute Gasteiger partial charge is 0.166 e. The lowest BCUT2D eigenvalue weighted by Crippen LogP contribution is -2.04. The number of Topliss-reactive ketones (excluding diaryl/α,β-unsaturated/α-hetero) is 1. The minimum atomic E-state index is 0.360. The molecule has 2 aliphatic rings. The molecule has 0 bridgehead atoms. The van der Waals surface area contributed by atoms with Crippen molar-refractivity contribution in [3.05, 3.63) is 35.4 Å². The van der Waals surface area contributed by atoms with Crippen molar-refractivity contribution in [3.63, 3.8) is 0 Å². The number of ketones is 1. The molecule has 0 saturated heterocycles. The van der Waals surface area contributed by atoms with Crippen LogP contribution in [-0.4, -0.2) is 5.78 Å². The van der Waals surface area contributed by atoms with Gasteiger partial charge in [-0.1, -0.05) is 51.0 Å². The summed E-state index contributed by atoms with van der Waals surface area (Å²) in [4.78, 5) is 12.5. The summed E-state index contributed by atoms with van der Waals surface area (Å²) in [5.74, 6) is 2.88. The summed E-state index contributed by atoms with van der Waals surface area (Å²) in [5, 5.41) is 0. The molecule has 3 rings (SSSR count). The van der Waals surface area contributed by atoms with Crippen molar-refractivity contribution in [2.45, 2.75) is 46.0 Å². The highest BCUT2D eigenvalue weighted by Gasteiger charge is 2.54. The first-order valence-electron chi connectivity index (χ1n) is 7.80. The van der Waals surface area contributed by atoms with Gasteiger partial charge >= 0.3 is 0 Å². The molecule has 0 amide bonds. The zero-order valence-electron chi connectivity index (χ0n) is 12.1. The van der Waals surface area contributed by atoms with Gasteiger partial charge in [0.15, 0.2) is 5.78 Å². The summed E-state index contributed by atoms with van der Waals surface area (Å²) in [7, 11) is 0. The molecular weight excluding hydrogens is 232 g/mol. The molecule has 1 aromatic carbocycles. The average Bonchev–Trinajstić information content (AvgIpc) is 3.12. The maximum Gasteiger partial charge on any atom is 0.166 e. The summed E-state index contributed by atoms with van der Waals surface area (Å²) in [5.41, 5.74) is 2.28. The van der Waals surface area contributed by atoms with E-state index in [2.05, 4.69) is 26.0 Å². The van der Waals surface area contributed by atoms with Crippen LogP contribution < -0.4 is 0 Å². The highest BCUT2D eigenvalue weighted by molar-refractivity contribution is 6.00. The number of carbonyl (C=O) groups is 1. The molecule has 1 nitrogen and oxygen atoms in total. The first-order valence-corrected chi connectivity index (χ1v) is 7.80. The van der Waals surface area contributed by atoms with Gasteiger partial charge < -0.3 is 0 Å². The van der Waals surface area contributed by atoms with Gasteiger partial charge in [0.2, 0.25) is 0 Å². The van der Waals surface area contributed by atoms with Crippen LogP contribution in [0, 0.1) is 23.7 Å². The van der Waals surface area contributed by atoms with E-state index in [1.165, 1.54) is 31.2 Å². The van der Waals surface area contributed by atoms with Crippen molar-refractivity contribution in [3.8, 4) is 0 Å². The molecule has 2 saturated carbocycles. The zero-order chi connectivity index (χ0) is 13.4. The third kappa shape index (κ3) is 2.61. The number of hydrogen-bond acceptors (Lipinski definition) is 1. The number of carbonyl (C=O) groups excluding carboxylic acids is 1. The van der Waals surface area contributed by atoms with E-state index in [0.29, 0.717) is 17.6 Å². The summed E-state index contributed by atoms with van der Waals surface area (Å²) in [6, 6.07) is 8.37. The largest absolute Gasteiger partial charge is 0.294 e. The Morgan fingerprint density at radius 3 is 2.21 bits per heavy atom. The van der Waals surface area contributed by atoms with Crippen molar-refractivity contribution in [2.24, 2.45) is 23.7 Å². The van der Waals surface area contributed by atoms with Gasteiger partial charge in [0, 0.05) is 11.5 Å². The van der Waals surface area contributed by atoms with Crippen LogP contribution in [-0.2, 0) is 6.42 Å². The first-order chi connectivity index (χ1) is 9.16. The molecule has 2 fully saturated rings. The standard InChI is InChI=1S/C18H24O/c1-12(2)11-13-7-9-14(10-8-13)18(19)17-15-5-3-4-6-16(15)17/h7-10,12,15-17H,3-6,11H2,1-2H3. The van der Waals surface area contributed by atoms with E-state index in [9.17, 15) is 4.79 Å². The molecule has 1 heteroatoms. The molecule has 0 aliphatic heterocycles. The molecule has 0 heterocycles. The minimum absolute atomic E-state index is 0.360. The SMILES string of the molecule is CC(C)Cc1ccc(C(=O)C2C3CCCCC32)cc1. The number of fused-ring (bicyclic) bond motifs is 1. The monoisotopic (exact) mass is 256 g/mol. The number of hydrogen-bond donors (Lipinski definition) is 0. The molecule has 0 N–H and O–H groups in total. The Kier molecular flexibility index (Phi) is 3.47. The van der Waals surface area contributed by atoms with E-state index < -0.39 is 0 Å². The van der Waals surface area contributed by atoms with Gasteiger partial charge in [-0.2, -0.15) is 0 Å². The molecule has 2 atom stereocenters. The Balaban J connectivity index is 1.67. The molecule has 2 unspecified atom stereocenters. The van der Waals surface area contributed by atoms with Crippen LogP contribution in [0.25, 0.3) is 0 Å². The van der Waals surface area contributed by atoms with Crippen LogP contribution in [0.3, 0.4) is 0 Å². The van der Waals surface area contributed by atoms with Gasteiger partial charge in [-0.05, 0) is 42.6 Å². The third-order valence-electron chi connectivity index (χ3n) is 4.84. The summed E-state index contributed by atoms with van der Waals surface area (Å²) in [6.45, 7) is 4.46. The second kappa shape index (κ2) is 5.11. The number of rotatable bonds is 4. The molecule has 102 valence electrons. The first kappa shape index (κ1) is 12.9. The molecule has 0 aromatic heterocycles. The van der Waals surface area contributed by atoms with E-state index in [1.54, 1.807) is 0 Å². The van der Waals surface area contributed by atoms with E-state index in [0.717, 1.165) is 23.8 Å². The fourth-order valence-electron chi connectivity index (χ4n) is 3.85. The Hall–Kier alpha value is -1.11.